The van der Waals surface area contributed by atoms with Crippen molar-refractivity contribution in [3.63, 3.8) is 0 Å². The van der Waals surface area contributed by atoms with E-state index in [0.717, 1.165) is 15.5 Å². The van der Waals surface area contributed by atoms with Crippen LogP contribution < -0.4 is 10.5 Å². The van der Waals surface area contributed by atoms with Gasteiger partial charge >= 0.3 is 0 Å². The first-order valence-corrected chi connectivity index (χ1v) is 6.77. The molecule has 0 aliphatic heterocycles. The van der Waals surface area contributed by atoms with Crippen LogP contribution in [0, 0.1) is 5.82 Å². The molecule has 0 saturated heterocycles. The van der Waals surface area contributed by atoms with Crippen molar-refractivity contribution < 1.29 is 9.13 Å². The summed E-state index contributed by atoms with van der Waals surface area (Å²) >= 11 is 4.62. The van der Waals surface area contributed by atoms with Gasteiger partial charge in [0.05, 0.1) is 11.6 Å². The molecule has 0 aliphatic rings. The number of rotatable bonds is 3. The molecule has 2 rings (SSSR count). The highest BCUT2D eigenvalue weighted by Crippen LogP contribution is 2.36. The molecule has 2 aromatic carbocycles. The molecular formula is C13H11BrFNOS. The van der Waals surface area contributed by atoms with E-state index in [1.165, 1.54) is 17.8 Å². The minimum Gasteiger partial charge on any atom is -0.497 e. The number of benzene rings is 2. The maximum Gasteiger partial charge on any atom is 0.139 e. The lowest BCUT2D eigenvalue weighted by molar-refractivity contribution is 0.413. The molecule has 0 bridgehead atoms. The molecule has 0 atom stereocenters. The van der Waals surface area contributed by atoms with Crippen molar-refractivity contribution in [1.29, 1.82) is 0 Å². The zero-order valence-electron chi connectivity index (χ0n) is 9.61. The molecule has 2 aromatic rings. The normalized spacial score (nSPS) is 10.4. The Hall–Kier alpha value is -1.20. The molecule has 0 aromatic heterocycles. The van der Waals surface area contributed by atoms with E-state index in [9.17, 15) is 4.39 Å². The van der Waals surface area contributed by atoms with Gasteiger partial charge in [-0.1, -0.05) is 17.8 Å². The first-order valence-electron chi connectivity index (χ1n) is 5.16. The SMILES string of the molecule is COc1cccc(Sc2cc(Br)c(F)cc2N)c1. The van der Waals surface area contributed by atoms with Gasteiger partial charge in [0.2, 0.25) is 0 Å². The topological polar surface area (TPSA) is 35.2 Å². The predicted octanol–water partition coefficient (Wildman–Crippen LogP) is 4.33. The second-order valence-corrected chi connectivity index (χ2v) is 5.55. The molecule has 0 amide bonds. The number of nitrogen functional groups attached to an aromatic ring is 1. The number of hydrogen-bond donors (Lipinski definition) is 1. The van der Waals surface area contributed by atoms with Crippen LogP contribution in [-0.2, 0) is 0 Å². The van der Waals surface area contributed by atoms with Gasteiger partial charge in [-0.3, -0.25) is 0 Å². The quantitative estimate of drug-likeness (QED) is 0.852. The lowest BCUT2D eigenvalue weighted by Gasteiger charge is -2.08. The van der Waals surface area contributed by atoms with E-state index in [4.69, 9.17) is 10.5 Å². The van der Waals surface area contributed by atoms with Crippen molar-refractivity contribution in [3.8, 4) is 5.75 Å². The molecule has 0 aliphatic carbocycles. The van der Waals surface area contributed by atoms with Crippen LogP contribution in [-0.4, -0.2) is 7.11 Å². The van der Waals surface area contributed by atoms with Crippen LogP contribution in [0.1, 0.15) is 0 Å². The molecule has 0 spiro atoms. The molecule has 18 heavy (non-hydrogen) atoms. The number of halogens is 2. The lowest BCUT2D eigenvalue weighted by atomic mass is 10.3. The van der Waals surface area contributed by atoms with Gasteiger partial charge in [-0.25, -0.2) is 4.39 Å². The van der Waals surface area contributed by atoms with Gasteiger partial charge in [0.25, 0.3) is 0 Å². The maximum absolute atomic E-state index is 13.3. The lowest BCUT2D eigenvalue weighted by Crippen LogP contribution is -1.91. The molecule has 94 valence electrons. The summed E-state index contributed by atoms with van der Waals surface area (Å²) in [6.07, 6.45) is 0. The van der Waals surface area contributed by atoms with E-state index in [-0.39, 0.29) is 5.82 Å². The van der Waals surface area contributed by atoms with E-state index in [1.54, 1.807) is 13.2 Å². The molecule has 2 nitrogen and oxygen atoms in total. The van der Waals surface area contributed by atoms with Crippen molar-refractivity contribution in [2.45, 2.75) is 9.79 Å². The molecule has 0 radical (unpaired) electrons. The Balaban J connectivity index is 2.30. The van der Waals surface area contributed by atoms with Crippen LogP contribution in [0.25, 0.3) is 0 Å². The summed E-state index contributed by atoms with van der Waals surface area (Å²) in [7, 11) is 1.62. The Bertz CT molecular complexity index is 577. The predicted molar refractivity (Wildman–Crippen MR) is 75.6 cm³/mol. The highest BCUT2D eigenvalue weighted by Gasteiger charge is 2.08. The zero-order valence-corrected chi connectivity index (χ0v) is 12.0. The average molecular weight is 328 g/mol. The summed E-state index contributed by atoms with van der Waals surface area (Å²) in [5.41, 5.74) is 6.22. The Morgan fingerprint density at radius 3 is 2.78 bits per heavy atom. The average Bonchev–Trinajstić information content (AvgIpc) is 2.36. The van der Waals surface area contributed by atoms with E-state index in [2.05, 4.69) is 15.9 Å². The Morgan fingerprint density at radius 1 is 1.28 bits per heavy atom. The number of nitrogens with two attached hydrogens (primary N) is 1. The van der Waals surface area contributed by atoms with Crippen molar-refractivity contribution in [2.75, 3.05) is 12.8 Å². The van der Waals surface area contributed by atoms with Crippen LogP contribution in [0.15, 0.2) is 50.7 Å². The van der Waals surface area contributed by atoms with Crippen molar-refractivity contribution in [1.82, 2.24) is 0 Å². The fraction of sp³-hybridized carbons (Fsp3) is 0.0769. The van der Waals surface area contributed by atoms with Gasteiger partial charge in [-0.05, 0) is 46.3 Å². The van der Waals surface area contributed by atoms with Gasteiger partial charge in [0.15, 0.2) is 0 Å². The smallest absolute Gasteiger partial charge is 0.139 e. The summed E-state index contributed by atoms with van der Waals surface area (Å²) in [6.45, 7) is 0. The third-order valence-corrected chi connectivity index (χ3v) is 3.99. The molecular weight excluding hydrogens is 317 g/mol. The van der Waals surface area contributed by atoms with Crippen molar-refractivity contribution in [2.24, 2.45) is 0 Å². The summed E-state index contributed by atoms with van der Waals surface area (Å²) in [5, 5.41) is 0. The van der Waals surface area contributed by atoms with E-state index in [1.807, 2.05) is 24.3 Å². The molecule has 2 N–H and O–H groups in total. The summed E-state index contributed by atoms with van der Waals surface area (Å²) in [5.74, 6) is 0.419. The fourth-order valence-corrected chi connectivity index (χ4v) is 2.85. The van der Waals surface area contributed by atoms with Gasteiger partial charge in [-0.2, -0.15) is 0 Å². The summed E-state index contributed by atoms with van der Waals surface area (Å²) in [6, 6.07) is 10.6. The first-order chi connectivity index (χ1) is 8.60. The van der Waals surface area contributed by atoms with E-state index < -0.39 is 0 Å². The second kappa shape index (κ2) is 5.63. The largest absolute Gasteiger partial charge is 0.497 e. The van der Waals surface area contributed by atoms with Gasteiger partial charge in [0, 0.05) is 15.5 Å². The van der Waals surface area contributed by atoms with Crippen LogP contribution in [0.5, 0.6) is 5.75 Å². The minimum atomic E-state index is -0.359. The van der Waals surface area contributed by atoms with Gasteiger partial charge in [0.1, 0.15) is 11.6 Å². The first kappa shape index (κ1) is 13.2. The van der Waals surface area contributed by atoms with E-state index in [0.29, 0.717) is 10.2 Å². The molecule has 5 heteroatoms. The van der Waals surface area contributed by atoms with Crippen molar-refractivity contribution in [3.05, 3.63) is 46.7 Å². The summed E-state index contributed by atoms with van der Waals surface area (Å²) < 4.78 is 18.8. The number of hydrogen-bond acceptors (Lipinski definition) is 3. The third-order valence-electron chi connectivity index (χ3n) is 2.32. The Kier molecular flexibility index (Phi) is 4.14. The third kappa shape index (κ3) is 2.97. The van der Waals surface area contributed by atoms with Crippen LogP contribution in [0.2, 0.25) is 0 Å². The monoisotopic (exact) mass is 327 g/mol. The molecule has 0 fully saturated rings. The Labute approximate surface area is 117 Å². The second-order valence-electron chi connectivity index (χ2n) is 3.59. The number of ether oxygens (including phenoxy) is 1. The van der Waals surface area contributed by atoms with E-state index >= 15 is 0 Å². The van der Waals surface area contributed by atoms with Crippen LogP contribution >= 0.6 is 27.7 Å². The van der Waals surface area contributed by atoms with Gasteiger partial charge in [-0.15, -0.1) is 0 Å². The standard InChI is InChI=1S/C13H11BrFNOS/c1-17-8-3-2-4-9(5-8)18-13-6-10(14)11(15)7-12(13)16/h2-7H,16H2,1H3. The number of anilines is 1. The molecule has 0 heterocycles. The fourth-order valence-electron chi connectivity index (χ4n) is 1.42. The van der Waals surface area contributed by atoms with Crippen LogP contribution in [0.3, 0.4) is 0 Å². The Morgan fingerprint density at radius 2 is 2.06 bits per heavy atom. The molecule has 0 unspecified atom stereocenters. The number of methoxy groups -OCH3 is 1. The zero-order chi connectivity index (χ0) is 13.1. The van der Waals surface area contributed by atoms with Crippen molar-refractivity contribution >= 4 is 33.4 Å². The highest BCUT2D eigenvalue weighted by atomic mass is 79.9. The highest BCUT2D eigenvalue weighted by molar-refractivity contribution is 9.10. The van der Waals surface area contributed by atoms with Gasteiger partial charge < -0.3 is 10.5 Å². The maximum atomic E-state index is 13.3. The molecule has 0 saturated carbocycles. The van der Waals surface area contributed by atoms with Crippen LogP contribution in [0.4, 0.5) is 10.1 Å². The summed E-state index contributed by atoms with van der Waals surface area (Å²) in [4.78, 5) is 1.79. The minimum absolute atomic E-state index is 0.359.